The topological polar surface area (TPSA) is 244 Å². The molecule has 0 radical (unpaired) electrons. The van der Waals surface area contributed by atoms with Crippen LogP contribution >= 0.6 is 0 Å². The van der Waals surface area contributed by atoms with Crippen LogP contribution in [0.2, 0.25) is 0 Å². The zero-order valence-corrected chi connectivity index (χ0v) is 32.7. The van der Waals surface area contributed by atoms with Crippen molar-refractivity contribution in [2.45, 2.75) is 79.9 Å². The average molecular weight is 834 g/mol. The van der Waals surface area contributed by atoms with Gasteiger partial charge in [-0.05, 0) is 34.9 Å². The number of hydrogen-bond acceptors (Lipinski definition) is 15. The molecule has 5 aliphatic rings. The van der Waals surface area contributed by atoms with E-state index < -0.39 is 85.4 Å². The van der Waals surface area contributed by atoms with Crippen molar-refractivity contribution in [3.63, 3.8) is 0 Å². The monoisotopic (exact) mass is 833 g/mol. The maximum atomic E-state index is 12.4. The summed E-state index contributed by atoms with van der Waals surface area (Å²) in [6, 6.07) is 24.8. The summed E-state index contributed by atoms with van der Waals surface area (Å²) in [6.45, 7) is 0.602. The molecule has 1 saturated heterocycles. The maximum Gasteiger partial charge on any atom is 0.317 e. The fraction of sp³-hybridized carbons (Fsp3) is 0.356. The molecular weight excluding hydrogens is 791 g/mol. The van der Waals surface area contributed by atoms with Crippen LogP contribution < -0.4 is 45.7 Å². The first-order valence-electron chi connectivity index (χ1n) is 19.8. The molecule has 61 heavy (non-hydrogen) atoms. The average Bonchev–Trinajstić information content (AvgIpc) is 3.86. The molecule has 9 rings (SSSR count). The maximum absolute atomic E-state index is 12.4. The first-order chi connectivity index (χ1) is 29.5. The number of aliphatic hydroxyl groups is 3. The molecule has 0 spiro atoms. The minimum Gasteiger partial charge on any atom is -0.493 e. The van der Waals surface area contributed by atoms with E-state index in [4.69, 9.17) is 54.7 Å². The summed E-state index contributed by atoms with van der Waals surface area (Å²) in [6.07, 6.45) is -14.0. The Bertz CT molecular complexity index is 2560. The van der Waals surface area contributed by atoms with E-state index in [9.17, 15) is 24.9 Å². The molecule has 16 nitrogen and oxygen atoms in total. The van der Waals surface area contributed by atoms with Crippen LogP contribution in [0.5, 0.6) is 28.7 Å². The molecule has 5 heterocycles. The second-order valence-electron chi connectivity index (χ2n) is 15.3. The van der Waals surface area contributed by atoms with E-state index in [-0.39, 0.29) is 5.75 Å². The lowest BCUT2D eigenvalue weighted by Gasteiger charge is -2.43. The molecule has 10 atom stereocenters. The van der Waals surface area contributed by atoms with Crippen LogP contribution in [0.4, 0.5) is 0 Å². The largest absolute Gasteiger partial charge is 0.493 e. The minimum atomic E-state index is -1.90. The highest BCUT2D eigenvalue weighted by molar-refractivity contribution is 5.90. The van der Waals surface area contributed by atoms with Gasteiger partial charge in [-0.15, -0.1) is 0 Å². The summed E-state index contributed by atoms with van der Waals surface area (Å²) in [5, 5.41) is 44.1. The number of esters is 1. The summed E-state index contributed by atoms with van der Waals surface area (Å²) >= 11 is 0. The summed E-state index contributed by atoms with van der Waals surface area (Å²) in [5.41, 5.74) is 15.8. The summed E-state index contributed by atoms with van der Waals surface area (Å²) < 4.78 is 43.9. The molecule has 4 bridgehead atoms. The smallest absolute Gasteiger partial charge is 0.317 e. The predicted molar refractivity (Wildman–Crippen MR) is 213 cm³/mol. The van der Waals surface area contributed by atoms with Crippen molar-refractivity contribution in [2.75, 3.05) is 20.3 Å². The standard InChI is InChI=1S/C45H43N3O13/c1-55-29-15-14-25-34-38-23(21-9-3-2-4-10-21)11-7-8-16-56-40(29)39(25)60-41(34)33-26(27-20-48-28-13-6-5-12-24(27)28)17-22(18-30(33)58-38)57-45-37(54)35(52)36(53)42(61-45)43(44(46)47)59-32(51)19-31(49)50/h2-6,9-10,12-15,17-18,23,34-38,41-45,52-54H,8,16,19-20,46-47H2,1H3,(H,49,50). The van der Waals surface area contributed by atoms with Gasteiger partial charge in [0.05, 0.1) is 43.6 Å². The zero-order chi connectivity index (χ0) is 42.5. The number of methoxy groups -OCH3 is 1. The zero-order valence-electron chi connectivity index (χ0n) is 32.7. The Labute approximate surface area is 348 Å². The molecule has 10 unspecified atom stereocenters. The Kier molecular flexibility index (Phi) is 10.8. The summed E-state index contributed by atoms with van der Waals surface area (Å²) in [7, 11) is 1.57. The lowest BCUT2D eigenvalue weighted by Crippen LogP contribution is -2.66. The van der Waals surface area contributed by atoms with Crippen molar-refractivity contribution >= 4 is 17.5 Å². The Balaban J connectivity index is 1.19. The first kappa shape index (κ1) is 40.2. The fourth-order valence-corrected chi connectivity index (χ4v) is 8.80. The van der Waals surface area contributed by atoms with Gasteiger partial charge in [-0.3, -0.25) is 14.6 Å². The Morgan fingerprint density at radius 1 is 0.951 bits per heavy atom. The number of carboxylic acid groups (broad SMARTS) is 1. The van der Waals surface area contributed by atoms with Crippen LogP contribution in [0.1, 0.15) is 53.0 Å². The molecule has 1 fully saturated rings. The quantitative estimate of drug-likeness (QED) is 0.0563. The third-order valence-corrected chi connectivity index (χ3v) is 11.6. The first-order valence-corrected chi connectivity index (χ1v) is 19.8. The molecule has 4 aromatic carbocycles. The van der Waals surface area contributed by atoms with Gasteiger partial charge < -0.3 is 65.1 Å². The van der Waals surface area contributed by atoms with Gasteiger partial charge in [0.25, 0.3) is 0 Å². The van der Waals surface area contributed by atoms with Gasteiger partial charge in [0.1, 0.15) is 54.5 Å². The SMILES string of the molecule is COc1ccc2c3c1OCCC#CC(c1ccccc1)C1Oc4cc(OC5OC(C(OC(=O)CC(=O)O)C(N)N)C(O)C(O)C5O)cc(C5=c6ccccc6=NC5)c4C(O3)C21. The number of nitrogens with zero attached hydrogens (tertiary/aromatic N) is 1. The highest BCUT2D eigenvalue weighted by Crippen LogP contribution is 2.61. The van der Waals surface area contributed by atoms with E-state index in [1.54, 1.807) is 19.2 Å². The highest BCUT2D eigenvalue weighted by atomic mass is 16.7. The van der Waals surface area contributed by atoms with Crippen molar-refractivity contribution in [2.24, 2.45) is 16.5 Å². The molecule has 5 aliphatic heterocycles. The normalized spacial score (nSPS) is 27.3. The number of aliphatic carboxylic acids is 1. The van der Waals surface area contributed by atoms with E-state index >= 15 is 0 Å². The van der Waals surface area contributed by atoms with E-state index in [0.29, 0.717) is 53.7 Å². The highest BCUT2D eigenvalue weighted by Gasteiger charge is 2.53. The fourth-order valence-electron chi connectivity index (χ4n) is 8.80. The molecule has 4 aromatic rings. The van der Waals surface area contributed by atoms with Gasteiger partial charge in [0, 0.05) is 28.8 Å². The Morgan fingerprint density at radius 3 is 2.51 bits per heavy atom. The molecule has 0 amide bonds. The van der Waals surface area contributed by atoms with Gasteiger partial charge in [-0.1, -0.05) is 66.4 Å². The van der Waals surface area contributed by atoms with E-state index in [0.717, 1.165) is 27.3 Å². The molecule has 0 aromatic heterocycles. The van der Waals surface area contributed by atoms with Crippen molar-refractivity contribution in [1.29, 1.82) is 0 Å². The number of rotatable bonds is 10. The van der Waals surface area contributed by atoms with E-state index in [1.165, 1.54) is 0 Å². The van der Waals surface area contributed by atoms with Crippen LogP contribution in [-0.2, 0) is 19.1 Å². The van der Waals surface area contributed by atoms with Crippen molar-refractivity contribution in [3.05, 3.63) is 112 Å². The van der Waals surface area contributed by atoms with Crippen molar-refractivity contribution in [3.8, 4) is 40.6 Å². The number of hydrogen-bond donors (Lipinski definition) is 6. The molecule has 316 valence electrons. The van der Waals surface area contributed by atoms with E-state index in [2.05, 4.69) is 11.8 Å². The number of carbonyl (C=O) groups excluding carboxylic acids is 1. The van der Waals surface area contributed by atoms with Gasteiger partial charge in [0.15, 0.2) is 17.6 Å². The van der Waals surface area contributed by atoms with Crippen LogP contribution in [0.3, 0.4) is 0 Å². The molecular formula is C45H43N3O13. The number of para-hydroxylation sites is 1. The molecule has 0 aliphatic carbocycles. The van der Waals surface area contributed by atoms with Gasteiger partial charge in [0.2, 0.25) is 12.0 Å². The third-order valence-electron chi connectivity index (χ3n) is 11.6. The van der Waals surface area contributed by atoms with Crippen LogP contribution in [0.25, 0.3) is 5.57 Å². The van der Waals surface area contributed by atoms with Crippen molar-refractivity contribution < 1.29 is 63.2 Å². The van der Waals surface area contributed by atoms with Crippen LogP contribution in [0.15, 0.2) is 83.9 Å². The van der Waals surface area contributed by atoms with Crippen molar-refractivity contribution in [1.82, 2.24) is 0 Å². The number of fused-ring (bicyclic) bond motifs is 3. The number of benzene rings is 4. The second kappa shape index (κ2) is 16.3. The summed E-state index contributed by atoms with van der Waals surface area (Å²) in [4.78, 5) is 28.4. The number of carboxylic acids is 1. The number of aliphatic hydroxyl groups excluding tert-OH is 3. The minimum absolute atomic E-state index is 0.121. The lowest BCUT2D eigenvalue weighted by atomic mass is 9.75. The lowest BCUT2D eigenvalue weighted by molar-refractivity contribution is -0.291. The number of carbonyl (C=O) groups is 2. The predicted octanol–water partition coefficient (Wildman–Crippen LogP) is 0.892. The van der Waals surface area contributed by atoms with Crippen LogP contribution in [0, 0.1) is 11.8 Å². The molecule has 16 heteroatoms. The third kappa shape index (κ3) is 7.28. The van der Waals surface area contributed by atoms with Gasteiger partial charge in [-0.2, -0.15) is 0 Å². The van der Waals surface area contributed by atoms with Gasteiger partial charge >= 0.3 is 11.9 Å². The second-order valence-corrected chi connectivity index (χ2v) is 15.3. The molecule has 0 saturated carbocycles. The Hall–Kier alpha value is -6.19. The molecule has 8 N–H and O–H groups in total. The van der Waals surface area contributed by atoms with Crippen LogP contribution in [-0.4, -0.2) is 102 Å². The van der Waals surface area contributed by atoms with E-state index in [1.807, 2.05) is 66.7 Å². The summed E-state index contributed by atoms with van der Waals surface area (Å²) in [5.74, 6) is 5.28. The van der Waals surface area contributed by atoms with Gasteiger partial charge in [-0.25, -0.2) is 0 Å². The number of nitrogens with two attached hydrogens (primary N) is 2. The number of ether oxygens (including phenoxy) is 7. The Morgan fingerprint density at radius 2 is 1.74 bits per heavy atom.